The lowest BCUT2D eigenvalue weighted by Crippen LogP contribution is -2.40. The molecule has 0 atom stereocenters. The summed E-state index contributed by atoms with van der Waals surface area (Å²) in [5.74, 6) is -0.0528. The van der Waals surface area contributed by atoms with Gasteiger partial charge in [-0.15, -0.1) is 6.58 Å². The van der Waals surface area contributed by atoms with E-state index >= 15 is 0 Å². The van der Waals surface area contributed by atoms with Gasteiger partial charge in [-0.25, -0.2) is 0 Å². The van der Waals surface area contributed by atoms with Crippen molar-refractivity contribution in [2.75, 3.05) is 26.3 Å². The van der Waals surface area contributed by atoms with Gasteiger partial charge >= 0.3 is 0 Å². The highest BCUT2D eigenvalue weighted by atomic mass is 16.5. The molecule has 4 rings (SSSR count). The van der Waals surface area contributed by atoms with Crippen molar-refractivity contribution < 1.29 is 9.53 Å². The highest BCUT2D eigenvalue weighted by Crippen LogP contribution is 2.27. The molecule has 3 aromatic heterocycles. The van der Waals surface area contributed by atoms with Crippen LogP contribution >= 0.6 is 0 Å². The zero-order valence-corrected chi connectivity index (χ0v) is 15.6. The van der Waals surface area contributed by atoms with Crippen LogP contribution in [-0.4, -0.2) is 51.6 Å². The average Bonchev–Trinajstić information content (AvgIpc) is 3.24. The van der Waals surface area contributed by atoms with Crippen LogP contribution in [0.4, 0.5) is 0 Å². The van der Waals surface area contributed by atoms with Crippen LogP contribution in [0.2, 0.25) is 0 Å². The predicted octanol–water partition coefficient (Wildman–Crippen LogP) is 2.44. The van der Waals surface area contributed by atoms with E-state index < -0.39 is 0 Å². The van der Waals surface area contributed by atoms with Crippen LogP contribution in [0.3, 0.4) is 0 Å². The molecule has 0 spiro atoms. The Morgan fingerprint density at radius 1 is 1.32 bits per heavy atom. The number of morpholine rings is 1. The molecule has 1 fully saturated rings. The van der Waals surface area contributed by atoms with Crippen LogP contribution in [-0.2, 0) is 11.3 Å². The first-order chi connectivity index (χ1) is 13.7. The maximum atomic E-state index is 12.8. The van der Waals surface area contributed by atoms with Crippen molar-refractivity contribution >= 4 is 16.8 Å². The van der Waals surface area contributed by atoms with Crippen molar-refractivity contribution in [3.05, 3.63) is 65.5 Å². The lowest BCUT2D eigenvalue weighted by Gasteiger charge is -2.26. The Labute approximate surface area is 162 Å². The van der Waals surface area contributed by atoms with E-state index in [1.54, 1.807) is 34.1 Å². The van der Waals surface area contributed by atoms with Crippen LogP contribution in [0.1, 0.15) is 16.8 Å². The number of ether oxygens (including phenoxy) is 1. The summed E-state index contributed by atoms with van der Waals surface area (Å²) in [6, 6.07) is 3.72. The number of aromatic amines is 1. The van der Waals surface area contributed by atoms with E-state index in [0.29, 0.717) is 50.3 Å². The maximum absolute atomic E-state index is 12.8. The van der Waals surface area contributed by atoms with Gasteiger partial charge in [0.2, 0.25) is 0 Å². The first-order valence-corrected chi connectivity index (χ1v) is 9.33. The maximum Gasteiger partial charge on any atom is 0.274 e. The molecule has 0 aliphatic carbocycles. The summed E-state index contributed by atoms with van der Waals surface area (Å²) in [4.78, 5) is 34.6. The molecule has 0 bridgehead atoms. The third-order valence-electron chi connectivity index (χ3n) is 4.97. The van der Waals surface area contributed by atoms with Gasteiger partial charge in [0.15, 0.2) is 0 Å². The van der Waals surface area contributed by atoms with Crippen LogP contribution in [0, 0.1) is 0 Å². The first-order valence-electron chi connectivity index (χ1n) is 9.33. The minimum Gasteiger partial charge on any atom is -0.378 e. The van der Waals surface area contributed by atoms with Gasteiger partial charge in [0.05, 0.1) is 18.8 Å². The van der Waals surface area contributed by atoms with Gasteiger partial charge < -0.3 is 19.2 Å². The molecule has 0 saturated carbocycles. The average molecular weight is 378 g/mol. The van der Waals surface area contributed by atoms with Crippen molar-refractivity contribution in [3.63, 3.8) is 0 Å². The second kappa shape index (κ2) is 7.82. The molecule has 1 amide bonds. The standard InChI is InChI=1S/C21H22N4O3/c1-2-3-6-25-14-18(17-4-5-23-19(17)21(25)27)15-11-16(13-22-12-15)20(26)24-7-9-28-10-8-24/h2,4-5,11-14,23H,1,3,6-10H2. The number of rotatable bonds is 5. The van der Waals surface area contributed by atoms with Gasteiger partial charge in [0.1, 0.15) is 5.52 Å². The van der Waals surface area contributed by atoms with Crippen molar-refractivity contribution in [1.29, 1.82) is 0 Å². The largest absolute Gasteiger partial charge is 0.378 e. The van der Waals surface area contributed by atoms with E-state index in [9.17, 15) is 9.59 Å². The molecule has 1 saturated heterocycles. The zero-order valence-electron chi connectivity index (χ0n) is 15.6. The highest BCUT2D eigenvalue weighted by molar-refractivity contribution is 5.98. The fraction of sp³-hybridized carbons (Fsp3) is 0.286. The summed E-state index contributed by atoms with van der Waals surface area (Å²) in [7, 11) is 0. The van der Waals surface area contributed by atoms with E-state index in [1.165, 1.54) is 0 Å². The molecule has 3 aromatic rings. The van der Waals surface area contributed by atoms with Crippen LogP contribution in [0.25, 0.3) is 22.0 Å². The smallest absolute Gasteiger partial charge is 0.274 e. The normalized spacial score (nSPS) is 14.4. The SMILES string of the molecule is C=CCCn1cc(-c2cncc(C(=O)N3CCOCC3)c2)c2cc[nH]c2c1=O. The lowest BCUT2D eigenvalue weighted by molar-refractivity contribution is 0.0302. The highest BCUT2D eigenvalue weighted by Gasteiger charge is 2.20. The Morgan fingerprint density at radius 2 is 2.14 bits per heavy atom. The zero-order chi connectivity index (χ0) is 19.5. The number of fused-ring (bicyclic) bond motifs is 1. The number of allylic oxidation sites excluding steroid dienone is 1. The molecule has 0 radical (unpaired) electrons. The Kier molecular flexibility index (Phi) is 5.08. The first kappa shape index (κ1) is 18.2. The Balaban J connectivity index is 1.76. The number of aromatic nitrogens is 3. The molecule has 7 nitrogen and oxygen atoms in total. The fourth-order valence-corrected chi connectivity index (χ4v) is 3.48. The number of carbonyl (C=O) groups is 1. The molecule has 4 heterocycles. The van der Waals surface area contributed by atoms with Gasteiger partial charge in [0, 0.05) is 60.9 Å². The molecule has 0 unspecified atom stereocenters. The van der Waals surface area contributed by atoms with Crippen molar-refractivity contribution in [1.82, 2.24) is 19.4 Å². The van der Waals surface area contributed by atoms with Crippen molar-refractivity contribution in [2.45, 2.75) is 13.0 Å². The quantitative estimate of drug-likeness (QED) is 0.692. The molecule has 1 N–H and O–H groups in total. The van der Waals surface area contributed by atoms with Gasteiger partial charge in [-0.05, 0) is 18.6 Å². The molecular weight excluding hydrogens is 356 g/mol. The lowest BCUT2D eigenvalue weighted by atomic mass is 10.0. The Hall–Kier alpha value is -3.19. The molecule has 28 heavy (non-hydrogen) atoms. The number of amides is 1. The third-order valence-corrected chi connectivity index (χ3v) is 4.97. The minimum absolute atomic E-state index is 0.0528. The third kappa shape index (κ3) is 3.36. The van der Waals surface area contributed by atoms with E-state index in [4.69, 9.17) is 4.74 Å². The summed E-state index contributed by atoms with van der Waals surface area (Å²) >= 11 is 0. The number of carbonyl (C=O) groups excluding carboxylic acids is 1. The fourth-order valence-electron chi connectivity index (χ4n) is 3.48. The predicted molar refractivity (Wildman–Crippen MR) is 107 cm³/mol. The second-order valence-corrected chi connectivity index (χ2v) is 6.75. The number of hydrogen-bond acceptors (Lipinski definition) is 4. The van der Waals surface area contributed by atoms with Crippen molar-refractivity contribution in [3.8, 4) is 11.1 Å². The second-order valence-electron chi connectivity index (χ2n) is 6.75. The van der Waals surface area contributed by atoms with Crippen LogP contribution < -0.4 is 5.56 Å². The summed E-state index contributed by atoms with van der Waals surface area (Å²) in [6.45, 7) is 6.54. The number of nitrogens with zero attached hydrogens (tertiary/aromatic N) is 3. The molecule has 0 aromatic carbocycles. The summed E-state index contributed by atoms with van der Waals surface area (Å²) in [6.07, 6.45) is 9.38. The van der Waals surface area contributed by atoms with Crippen LogP contribution in [0.5, 0.6) is 0 Å². The monoisotopic (exact) mass is 378 g/mol. The summed E-state index contributed by atoms with van der Waals surface area (Å²) in [5, 5.41) is 0.817. The minimum atomic E-state index is -0.0703. The molecule has 1 aliphatic heterocycles. The van der Waals surface area contributed by atoms with Gasteiger partial charge in [-0.2, -0.15) is 0 Å². The topological polar surface area (TPSA) is 80.2 Å². The molecule has 144 valence electrons. The summed E-state index contributed by atoms with van der Waals surface area (Å²) in [5.41, 5.74) is 2.68. The van der Waals surface area contributed by atoms with E-state index in [1.807, 2.05) is 18.3 Å². The Morgan fingerprint density at radius 3 is 2.93 bits per heavy atom. The number of hydrogen-bond donors (Lipinski definition) is 1. The number of pyridine rings is 2. The number of aryl methyl sites for hydroxylation is 1. The summed E-state index contributed by atoms with van der Waals surface area (Å²) < 4.78 is 7.00. The molecular formula is C21H22N4O3. The van der Waals surface area contributed by atoms with E-state index in [0.717, 1.165) is 16.5 Å². The van der Waals surface area contributed by atoms with Gasteiger partial charge in [0.25, 0.3) is 11.5 Å². The van der Waals surface area contributed by atoms with Gasteiger partial charge in [-0.1, -0.05) is 6.08 Å². The van der Waals surface area contributed by atoms with Crippen molar-refractivity contribution in [2.24, 2.45) is 0 Å². The van der Waals surface area contributed by atoms with E-state index in [2.05, 4.69) is 16.5 Å². The van der Waals surface area contributed by atoms with Crippen LogP contribution in [0.15, 0.2) is 54.4 Å². The van der Waals surface area contributed by atoms with E-state index in [-0.39, 0.29) is 11.5 Å². The molecule has 1 aliphatic rings. The van der Waals surface area contributed by atoms with Gasteiger partial charge in [-0.3, -0.25) is 14.6 Å². The Bertz CT molecular complexity index is 1080. The molecule has 7 heteroatoms. The number of H-pyrrole nitrogens is 1. The number of nitrogens with one attached hydrogen (secondary N) is 1.